The van der Waals surface area contributed by atoms with Crippen LogP contribution in [0.5, 0.6) is 0 Å². The lowest BCUT2D eigenvalue weighted by molar-refractivity contribution is -0.147. The van der Waals surface area contributed by atoms with Gasteiger partial charge < -0.3 is 4.74 Å². The first kappa shape index (κ1) is 21.2. The number of unbranched alkanes of at least 4 members (excludes halogenated alkanes) is 1. The summed E-state index contributed by atoms with van der Waals surface area (Å²) in [4.78, 5) is 13.0. The van der Waals surface area contributed by atoms with Crippen LogP contribution in [0.3, 0.4) is 0 Å². The van der Waals surface area contributed by atoms with Crippen molar-refractivity contribution in [2.75, 3.05) is 12.1 Å². The van der Waals surface area contributed by atoms with E-state index in [-0.39, 0.29) is 16.8 Å². The Labute approximate surface area is 174 Å². The lowest BCUT2D eigenvalue weighted by Gasteiger charge is -2.36. The van der Waals surface area contributed by atoms with Gasteiger partial charge in [-0.2, -0.15) is 5.10 Å². The SMILES string of the molecule is CCCCC1C(c2ccc(F)cc2)=NN(c2ccc(F)cc2Cl)C1(C)C(=O)OC. The topological polar surface area (TPSA) is 41.9 Å². The van der Waals surface area contributed by atoms with E-state index in [0.717, 1.165) is 12.8 Å². The van der Waals surface area contributed by atoms with Crippen LogP contribution in [0.15, 0.2) is 47.6 Å². The molecule has 2 atom stereocenters. The number of nitrogens with zero attached hydrogens (tertiary/aromatic N) is 2. The number of methoxy groups -OCH3 is 1. The molecule has 154 valence electrons. The minimum absolute atomic E-state index is 0.137. The minimum atomic E-state index is -1.19. The molecular formula is C22H23ClF2N2O2. The Hall–Kier alpha value is -2.47. The van der Waals surface area contributed by atoms with Crippen molar-refractivity contribution >= 4 is 29.0 Å². The van der Waals surface area contributed by atoms with Gasteiger partial charge in [0.05, 0.1) is 23.5 Å². The van der Waals surface area contributed by atoms with Crippen LogP contribution >= 0.6 is 11.6 Å². The summed E-state index contributed by atoms with van der Waals surface area (Å²) in [6.07, 6.45) is 2.47. The van der Waals surface area contributed by atoms with Crippen LogP contribution in [0.4, 0.5) is 14.5 Å². The van der Waals surface area contributed by atoms with E-state index in [1.807, 2.05) is 0 Å². The van der Waals surface area contributed by atoms with Crippen LogP contribution in [-0.4, -0.2) is 24.3 Å². The quantitative estimate of drug-likeness (QED) is 0.573. The second-order valence-electron chi connectivity index (χ2n) is 7.23. The summed E-state index contributed by atoms with van der Waals surface area (Å²) >= 11 is 6.30. The maximum atomic E-state index is 13.6. The second kappa shape index (κ2) is 8.49. The van der Waals surface area contributed by atoms with Crippen molar-refractivity contribution in [3.63, 3.8) is 0 Å². The molecule has 0 N–H and O–H groups in total. The molecule has 0 spiro atoms. The minimum Gasteiger partial charge on any atom is -0.467 e. The Morgan fingerprint density at radius 3 is 2.45 bits per heavy atom. The molecule has 0 saturated heterocycles. The van der Waals surface area contributed by atoms with E-state index in [9.17, 15) is 13.6 Å². The van der Waals surface area contributed by atoms with E-state index in [1.165, 1.54) is 42.5 Å². The zero-order valence-corrected chi connectivity index (χ0v) is 17.3. The van der Waals surface area contributed by atoms with Crippen LogP contribution in [0.2, 0.25) is 5.02 Å². The van der Waals surface area contributed by atoms with E-state index in [1.54, 1.807) is 19.1 Å². The van der Waals surface area contributed by atoms with E-state index >= 15 is 0 Å². The Kier molecular flexibility index (Phi) is 6.22. The van der Waals surface area contributed by atoms with Gasteiger partial charge in [-0.25, -0.2) is 18.6 Å². The van der Waals surface area contributed by atoms with Crippen molar-refractivity contribution in [1.82, 2.24) is 0 Å². The molecule has 0 bridgehead atoms. The van der Waals surface area contributed by atoms with Gasteiger partial charge in [-0.1, -0.05) is 43.5 Å². The van der Waals surface area contributed by atoms with Crippen molar-refractivity contribution in [2.45, 2.75) is 38.6 Å². The lowest BCUT2D eigenvalue weighted by atomic mass is 9.77. The summed E-state index contributed by atoms with van der Waals surface area (Å²) in [6, 6.07) is 9.94. The summed E-state index contributed by atoms with van der Waals surface area (Å²) in [7, 11) is 1.32. The van der Waals surface area contributed by atoms with Crippen molar-refractivity contribution in [3.8, 4) is 0 Å². The number of anilines is 1. The summed E-state index contributed by atoms with van der Waals surface area (Å²) in [5, 5.41) is 6.38. The summed E-state index contributed by atoms with van der Waals surface area (Å²) in [5.74, 6) is -1.63. The molecule has 2 aromatic carbocycles. The molecule has 2 aromatic rings. The first-order valence-electron chi connectivity index (χ1n) is 9.51. The Bertz CT molecular complexity index is 933. The first-order valence-corrected chi connectivity index (χ1v) is 9.88. The summed E-state index contributed by atoms with van der Waals surface area (Å²) in [5.41, 5.74) is 0.574. The molecule has 1 aliphatic heterocycles. The van der Waals surface area contributed by atoms with Gasteiger partial charge in [0, 0.05) is 5.92 Å². The number of benzene rings is 2. The number of ether oxygens (including phenoxy) is 1. The highest BCUT2D eigenvalue weighted by Gasteiger charge is 2.54. The maximum absolute atomic E-state index is 13.6. The van der Waals surface area contributed by atoms with Gasteiger partial charge in [0.1, 0.15) is 11.6 Å². The molecule has 29 heavy (non-hydrogen) atoms. The molecule has 0 saturated carbocycles. The predicted octanol–water partition coefficient (Wildman–Crippen LogP) is 5.58. The van der Waals surface area contributed by atoms with Crippen LogP contribution in [0, 0.1) is 17.6 Å². The molecular weight excluding hydrogens is 398 g/mol. The number of hydrogen-bond acceptors (Lipinski definition) is 4. The molecule has 4 nitrogen and oxygen atoms in total. The average molecular weight is 421 g/mol. The number of carbonyl (C=O) groups is 1. The number of carbonyl (C=O) groups excluding carboxylic acids is 1. The fourth-order valence-electron chi connectivity index (χ4n) is 3.79. The number of hydrazone groups is 1. The fourth-order valence-corrected chi connectivity index (χ4v) is 4.04. The maximum Gasteiger partial charge on any atom is 0.334 e. The molecule has 1 aliphatic rings. The van der Waals surface area contributed by atoms with Crippen LogP contribution in [0.25, 0.3) is 0 Å². The number of esters is 1. The standard InChI is InChI=1S/C22H23ClF2N2O2/c1-4-5-6-17-20(14-7-9-15(24)10-8-14)26-27(22(17,2)21(28)29-3)19-12-11-16(25)13-18(19)23/h7-13,17H,4-6H2,1-3H3. The molecule has 7 heteroatoms. The highest BCUT2D eigenvalue weighted by molar-refractivity contribution is 6.33. The second-order valence-corrected chi connectivity index (χ2v) is 7.64. The molecule has 0 aromatic heterocycles. The van der Waals surface area contributed by atoms with Crippen molar-refractivity contribution in [1.29, 1.82) is 0 Å². The van der Waals surface area contributed by atoms with Crippen molar-refractivity contribution in [2.24, 2.45) is 11.0 Å². The van der Waals surface area contributed by atoms with Crippen molar-refractivity contribution in [3.05, 3.63) is 64.7 Å². The zero-order chi connectivity index (χ0) is 21.2. The van der Waals surface area contributed by atoms with Crippen LogP contribution in [0.1, 0.15) is 38.7 Å². The highest BCUT2D eigenvalue weighted by Crippen LogP contribution is 2.44. The fraction of sp³-hybridized carbons (Fsp3) is 0.364. The monoisotopic (exact) mass is 420 g/mol. The molecule has 0 fully saturated rings. The third-order valence-electron chi connectivity index (χ3n) is 5.38. The summed E-state index contributed by atoms with van der Waals surface area (Å²) < 4.78 is 32.2. The predicted molar refractivity (Wildman–Crippen MR) is 110 cm³/mol. The van der Waals surface area contributed by atoms with Gasteiger partial charge >= 0.3 is 5.97 Å². The van der Waals surface area contributed by atoms with Crippen LogP contribution in [-0.2, 0) is 9.53 Å². The smallest absolute Gasteiger partial charge is 0.334 e. The largest absolute Gasteiger partial charge is 0.467 e. The molecule has 3 rings (SSSR count). The first-order chi connectivity index (χ1) is 13.8. The Morgan fingerprint density at radius 2 is 1.86 bits per heavy atom. The number of rotatable bonds is 6. The van der Waals surface area contributed by atoms with E-state index < -0.39 is 17.3 Å². The van der Waals surface area contributed by atoms with Crippen molar-refractivity contribution < 1.29 is 18.3 Å². The van der Waals surface area contributed by atoms with E-state index in [4.69, 9.17) is 21.4 Å². The van der Waals surface area contributed by atoms with Gasteiger partial charge in [0.15, 0.2) is 5.54 Å². The van der Waals surface area contributed by atoms with Gasteiger partial charge in [-0.3, -0.25) is 0 Å². The highest BCUT2D eigenvalue weighted by atomic mass is 35.5. The van der Waals surface area contributed by atoms with Gasteiger partial charge in [-0.15, -0.1) is 0 Å². The molecule has 2 unspecified atom stereocenters. The van der Waals surface area contributed by atoms with E-state index in [0.29, 0.717) is 23.4 Å². The molecule has 0 radical (unpaired) electrons. The molecule has 0 aliphatic carbocycles. The Balaban J connectivity index is 2.19. The Morgan fingerprint density at radius 1 is 1.21 bits per heavy atom. The van der Waals surface area contributed by atoms with Crippen LogP contribution < -0.4 is 5.01 Å². The normalized spacial score (nSPS) is 21.2. The number of halogens is 3. The third-order valence-corrected chi connectivity index (χ3v) is 5.68. The van der Waals surface area contributed by atoms with Gasteiger partial charge in [0.2, 0.25) is 0 Å². The molecule has 1 heterocycles. The third kappa shape index (κ3) is 3.86. The zero-order valence-electron chi connectivity index (χ0n) is 16.6. The number of hydrogen-bond donors (Lipinski definition) is 0. The average Bonchev–Trinajstić information content (AvgIpc) is 2.99. The van der Waals surface area contributed by atoms with Gasteiger partial charge in [0.25, 0.3) is 0 Å². The summed E-state index contributed by atoms with van der Waals surface area (Å²) in [6.45, 7) is 3.81. The van der Waals surface area contributed by atoms with E-state index in [2.05, 4.69) is 6.92 Å². The molecule has 0 amide bonds. The van der Waals surface area contributed by atoms with Gasteiger partial charge in [-0.05, 0) is 49.2 Å². The lowest BCUT2D eigenvalue weighted by Crippen LogP contribution is -2.54.